The maximum absolute atomic E-state index is 10.8. The number of aromatic nitrogens is 2. The minimum absolute atomic E-state index is 0.0436. The van der Waals surface area contributed by atoms with Crippen LogP contribution in [0.15, 0.2) is 83.3 Å². The lowest BCUT2D eigenvalue weighted by Gasteiger charge is -2.06. The molecule has 7 heteroatoms. The standard InChI is InChI=1S/C21H15N3O4/c25-24(26)18-8-4-5-15(13-18)14-27-19-11-9-17(10-12-19)21-23-22-20(28-21)16-6-2-1-3-7-16/h1-13H,14H2. The van der Waals surface area contributed by atoms with Gasteiger partial charge in [0.05, 0.1) is 4.92 Å². The number of rotatable bonds is 6. The first kappa shape index (κ1) is 17.4. The fourth-order valence-electron chi connectivity index (χ4n) is 2.66. The van der Waals surface area contributed by atoms with E-state index in [1.807, 2.05) is 42.5 Å². The van der Waals surface area contributed by atoms with Crippen LogP contribution in [0.3, 0.4) is 0 Å². The second-order valence-electron chi connectivity index (χ2n) is 6.02. The van der Waals surface area contributed by atoms with Gasteiger partial charge in [0, 0.05) is 23.3 Å². The highest BCUT2D eigenvalue weighted by molar-refractivity contribution is 5.58. The molecule has 4 rings (SSSR count). The molecule has 138 valence electrons. The number of hydrogen-bond donors (Lipinski definition) is 0. The van der Waals surface area contributed by atoms with Gasteiger partial charge in [-0.2, -0.15) is 0 Å². The first-order chi connectivity index (χ1) is 13.7. The Morgan fingerprint density at radius 1 is 0.857 bits per heavy atom. The summed E-state index contributed by atoms with van der Waals surface area (Å²) in [6, 6.07) is 23.2. The molecule has 0 saturated heterocycles. The Kier molecular flexibility index (Phi) is 4.79. The first-order valence-electron chi connectivity index (χ1n) is 8.54. The van der Waals surface area contributed by atoms with E-state index in [0.717, 1.165) is 16.7 Å². The molecular weight excluding hydrogens is 358 g/mol. The minimum atomic E-state index is -0.424. The molecule has 7 nitrogen and oxygen atoms in total. The summed E-state index contributed by atoms with van der Waals surface area (Å²) in [5.74, 6) is 1.52. The third-order valence-electron chi connectivity index (χ3n) is 4.07. The number of benzene rings is 3. The van der Waals surface area contributed by atoms with Gasteiger partial charge in [-0.05, 0) is 42.0 Å². The molecule has 1 aromatic heterocycles. The zero-order chi connectivity index (χ0) is 19.3. The lowest BCUT2D eigenvalue weighted by molar-refractivity contribution is -0.384. The molecule has 1 heterocycles. The van der Waals surface area contributed by atoms with Crippen LogP contribution >= 0.6 is 0 Å². The quantitative estimate of drug-likeness (QED) is 0.353. The van der Waals surface area contributed by atoms with Crippen LogP contribution < -0.4 is 4.74 Å². The Balaban J connectivity index is 1.44. The fourth-order valence-corrected chi connectivity index (χ4v) is 2.66. The average molecular weight is 373 g/mol. The molecule has 0 spiro atoms. The highest BCUT2D eigenvalue weighted by atomic mass is 16.6. The van der Waals surface area contributed by atoms with Crippen molar-refractivity contribution in [3.63, 3.8) is 0 Å². The van der Waals surface area contributed by atoms with Gasteiger partial charge in [-0.15, -0.1) is 10.2 Å². The Morgan fingerprint density at radius 2 is 1.54 bits per heavy atom. The number of non-ortho nitro benzene ring substituents is 1. The third-order valence-corrected chi connectivity index (χ3v) is 4.07. The van der Waals surface area contributed by atoms with Gasteiger partial charge in [-0.1, -0.05) is 30.3 Å². The van der Waals surface area contributed by atoms with Crippen LogP contribution in [0.5, 0.6) is 5.75 Å². The van der Waals surface area contributed by atoms with Gasteiger partial charge in [-0.3, -0.25) is 10.1 Å². The first-order valence-corrected chi connectivity index (χ1v) is 8.54. The summed E-state index contributed by atoms with van der Waals surface area (Å²) in [6.45, 7) is 0.236. The van der Waals surface area contributed by atoms with E-state index >= 15 is 0 Å². The molecule has 0 unspecified atom stereocenters. The van der Waals surface area contributed by atoms with E-state index in [0.29, 0.717) is 17.5 Å². The second kappa shape index (κ2) is 7.71. The number of nitro benzene ring substituents is 1. The molecule has 0 N–H and O–H groups in total. The zero-order valence-electron chi connectivity index (χ0n) is 14.7. The number of ether oxygens (including phenoxy) is 1. The van der Waals surface area contributed by atoms with Crippen molar-refractivity contribution in [3.05, 3.63) is 94.5 Å². The Hall–Kier alpha value is -4.00. The maximum Gasteiger partial charge on any atom is 0.269 e. The van der Waals surface area contributed by atoms with E-state index in [2.05, 4.69) is 10.2 Å². The Morgan fingerprint density at radius 3 is 2.21 bits per heavy atom. The van der Waals surface area contributed by atoms with Crippen LogP contribution in [0.2, 0.25) is 0 Å². The Labute approximate surface area is 160 Å². The number of nitro groups is 1. The fraction of sp³-hybridized carbons (Fsp3) is 0.0476. The summed E-state index contributed by atoms with van der Waals surface area (Å²) in [6.07, 6.45) is 0. The highest BCUT2D eigenvalue weighted by Gasteiger charge is 2.10. The van der Waals surface area contributed by atoms with Gasteiger partial charge < -0.3 is 9.15 Å². The van der Waals surface area contributed by atoms with Gasteiger partial charge in [0.2, 0.25) is 11.8 Å². The van der Waals surface area contributed by atoms with Crippen molar-refractivity contribution in [1.82, 2.24) is 10.2 Å². The second-order valence-corrected chi connectivity index (χ2v) is 6.02. The minimum Gasteiger partial charge on any atom is -0.489 e. The van der Waals surface area contributed by atoms with Crippen LogP contribution in [-0.2, 0) is 6.61 Å². The molecule has 0 aliphatic rings. The van der Waals surface area contributed by atoms with Crippen LogP contribution in [0.1, 0.15) is 5.56 Å². The highest BCUT2D eigenvalue weighted by Crippen LogP contribution is 2.25. The molecule has 0 amide bonds. The van der Waals surface area contributed by atoms with E-state index in [1.165, 1.54) is 12.1 Å². The summed E-state index contributed by atoms with van der Waals surface area (Å²) in [4.78, 5) is 10.4. The van der Waals surface area contributed by atoms with Gasteiger partial charge in [0.25, 0.3) is 5.69 Å². The summed E-state index contributed by atoms with van der Waals surface area (Å²) in [7, 11) is 0. The maximum atomic E-state index is 10.8. The largest absolute Gasteiger partial charge is 0.489 e. The van der Waals surface area contributed by atoms with Crippen LogP contribution in [-0.4, -0.2) is 15.1 Å². The smallest absolute Gasteiger partial charge is 0.269 e. The van der Waals surface area contributed by atoms with Gasteiger partial charge in [0.1, 0.15) is 12.4 Å². The van der Waals surface area contributed by atoms with Crippen molar-refractivity contribution in [2.45, 2.75) is 6.61 Å². The molecule has 0 fully saturated rings. The van der Waals surface area contributed by atoms with E-state index in [4.69, 9.17) is 9.15 Å². The molecular formula is C21H15N3O4. The average Bonchev–Trinajstić information content (AvgIpc) is 3.24. The summed E-state index contributed by atoms with van der Waals surface area (Å²) in [5, 5.41) is 19.0. The molecule has 0 atom stereocenters. The predicted octanol–water partition coefficient (Wildman–Crippen LogP) is 4.89. The molecule has 0 radical (unpaired) electrons. The van der Waals surface area contributed by atoms with E-state index < -0.39 is 4.92 Å². The molecule has 0 saturated carbocycles. The van der Waals surface area contributed by atoms with Crippen LogP contribution in [0.25, 0.3) is 22.9 Å². The van der Waals surface area contributed by atoms with Gasteiger partial charge >= 0.3 is 0 Å². The third kappa shape index (κ3) is 3.88. The van der Waals surface area contributed by atoms with Crippen molar-refractivity contribution >= 4 is 5.69 Å². The van der Waals surface area contributed by atoms with Crippen molar-refractivity contribution < 1.29 is 14.1 Å². The number of hydrogen-bond acceptors (Lipinski definition) is 6. The van der Waals surface area contributed by atoms with E-state index in [1.54, 1.807) is 24.3 Å². The van der Waals surface area contributed by atoms with E-state index in [9.17, 15) is 10.1 Å². The molecule has 0 aliphatic heterocycles. The SMILES string of the molecule is O=[N+]([O-])c1cccc(COc2ccc(-c3nnc(-c4ccccc4)o3)cc2)c1. The van der Waals surface area contributed by atoms with Crippen molar-refractivity contribution in [2.75, 3.05) is 0 Å². The summed E-state index contributed by atoms with van der Waals surface area (Å²) >= 11 is 0. The van der Waals surface area contributed by atoms with Crippen molar-refractivity contribution in [1.29, 1.82) is 0 Å². The molecule has 3 aromatic carbocycles. The molecule has 4 aromatic rings. The van der Waals surface area contributed by atoms with Crippen LogP contribution in [0, 0.1) is 10.1 Å². The summed E-state index contributed by atoms with van der Waals surface area (Å²) in [5.41, 5.74) is 2.40. The zero-order valence-corrected chi connectivity index (χ0v) is 14.7. The lowest BCUT2D eigenvalue weighted by Crippen LogP contribution is -1.96. The van der Waals surface area contributed by atoms with Gasteiger partial charge in [0.15, 0.2) is 0 Å². The number of nitrogens with zero attached hydrogens (tertiary/aromatic N) is 3. The van der Waals surface area contributed by atoms with Gasteiger partial charge in [-0.25, -0.2) is 0 Å². The topological polar surface area (TPSA) is 91.3 Å². The molecule has 0 bridgehead atoms. The Bertz CT molecular complexity index is 1090. The van der Waals surface area contributed by atoms with Crippen molar-refractivity contribution in [2.24, 2.45) is 0 Å². The van der Waals surface area contributed by atoms with Crippen LogP contribution in [0.4, 0.5) is 5.69 Å². The lowest BCUT2D eigenvalue weighted by atomic mass is 10.2. The van der Waals surface area contributed by atoms with E-state index in [-0.39, 0.29) is 12.3 Å². The predicted molar refractivity (Wildman–Crippen MR) is 103 cm³/mol. The molecule has 0 aliphatic carbocycles. The summed E-state index contributed by atoms with van der Waals surface area (Å²) < 4.78 is 11.4. The normalized spacial score (nSPS) is 10.6. The monoisotopic (exact) mass is 373 g/mol. The molecule has 28 heavy (non-hydrogen) atoms. The van der Waals surface area contributed by atoms with Crippen molar-refractivity contribution in [3.8, 4) is 28.7 Å².